The van der Waals surface area contributed by atoms with Crippen molar-refractivity contribution in [1.29, 1.82) is 0 Å². The molecule has 0 unspecified atom stereocenters. The van der Waals surface area contributed by atoms with E-state index in [2.05, 4.69) is 33.7 Å². The molecule has 1 aliphatic rings. The van der Waals surface area contributed by atoms with Gasteiger partial charge in [0.15, 0.2) is 0 Å². The van der Waals surface area contributed by atoms with Gasteiger partial charge < -0.3 is 30.1 Å². The number of hydrogen-bond donors (Lipinski definition) is 4. The number of ether oxygens (including phenoxy) is 1. The maximum atomic E-state index is 11.6. The van der Waals surface area contributed by atoms with Gasteiger partial charge in [-0.05, 0) is 59.1 Å². The number of benzene rings is 4. The zero-order valence-corrected chi connectivity index (χ0v) is 27.8. The summed E-state index contributed by atoms with van der Waals surface area (Å²) in [6.07, 6.45) is 8.17. The van der Waals surface area contributed by atoms with Crippen molar-refractivity contribution in [2.24, 2.45) is 0 Å². The van der Waals surface area contributed by atoms with Crippen molar-refractivity contribution in [1.82, 2.24) is 13.6 Å². The van der Waals surface area contributed by atoms with Crippen LogP contribution in [-0.4, -0.2) is 72.8 Å². The molecule has 0 bridgehead atoms. The van der Waals surface area contributed by atoms with Gasteiger partial charge in [0, 0.05) is 30.6 Å². The molecule has 2 heterocycles. The van der Waals surface area contributed by atoms with Crippen molar-refractivity contribution >= 4 is 50.8 Å². The highest BCUT2D eigenvalue weighted by Gasteiger charge is 2.23. The first kappa shape index (κ1) is 34.3. The molecule has 0 saturated heterocycles. The zero-order chi connectivity index (χ0) is 34.2. The van der Waals surface area contributed by atoms with Crippen LogP contribution in [0.3, 0.4) is 0 Å². The molecule has 0 aliphatic carbocycles. The molecule has 5 aromatic rings. The van der Waals surface area contributed by atoms with Crippen molar-refractivity contribution in [3.05, 3.63) is 94.7 Å². The van der Waals surface area contributed by atoms with E-state index in [1.165, 1.54) is 48.7 Å². The third-order valence-electron chi connectivity index (χ3n) is 8.41. The minimum absolute atomic E-state index is 0.0407. The van der Waals surface area contributed by atoms with Crippen LogP contribution < -0.4 is 4.74 Å². The number of carboxylic acid groups (broad SMARTS) is 2. The number of unbranched alkanes of at least 4 members (excludes halogenated alkanes) is 3. The molecular weight excluding hydrogens is 630 g/mol. The van der Waals surface area contributed by atoms with Crippen molar-refractivity contribution in [2.45, 2.75) is 45.4 Å². The summed E-state index contributed by atoms with van der Waals surface area (Å²) in [7, 11) is 2.14. The van der Waals surface area contributed by atoms with Crippen LogP contribution in [0.15, 0.2) is 66.7 Å². The molecule has 0 spiro atoms. The van der Waals surface area contributed by atoms with E-state index in [1.807, 2.05) is 0 Å². The minimum Gasteiger partial charge on any atom is -0.507 e. The molecule has 1 aromatic heterocycles. The van der Waals surface area contributed by atoms with Gasteiger partial charge in [-0.15, -0.1) is 4.37 Å². The molecule has 250 valence electrons. The average Bonchev–Trinajstić information content (AvgIpc) is 3.55. The zero-order valence-electron chi connectivity index (χ0n) is 27.0. The van der Waals surface area contributed by atoms with Gasteiger partial charge in [0.2, 0.25) is 0 Å². The van der Waals surface area contributed by atoms with E-state index < -0.39 is 23.4 Å². The summed E-state index contributed by atoms with van der Waals surface area (Å²) >= 11 is 1.25. The van der Waals surface area contributed by atoms with Gasteiger partial charge in [-0.25, -0.2) is 9.59 Å². The summed E-state index contributed by atoms with van der Waals surface area (Å²) in [5.41, 5.74) is 2.32. The summed E-state index contributed by atoms with van der Waals surface area (Å²) in [5, 5.41) is 42.8. The maximum absolute atomic E-state index is 11.6. The fourth-order valence-corrected chi connectivity index (χ4v) is 6.45. The van der Waals surface area contributed by atoms with Crippen LogP contribution in [0.2, 0.25) is 0 Å². The highest BCUT2D eigenvalue weighted by Crippen LogP contribution is 2.39. The molecule has 4 N–H and O–H groups in total. The van der Waals surface area contributed by atoms with Crippen molar-refractivity contribution in [3.63, 3.8) is 0 Å². The Morgan fingerprint density at radius 1 is 0.854 bits per heavy atom. The third kappa shape index (κ3) is 7.75. The predicted molar refractivity (Wildman–Crippen MR) is 188 cm³/mol. The Labute approximate surface area is 282 Å². The number of hydrogen-bond acceptors (Lipinski definition) is 9. The number of carbonyl (C=O) groups is 2. The number of phenols is 2. The number of aromatic hydroxyl groups is 2. The van der Waals surface area contributed by atoms with Crippen LogP contribution in [0.25, 0.3) is 27.1 Å². The Balaban J connectivity index is 0.000000206. The van der Waals surface area contributed by atoms with E-state index >= 15 is 0 Å². The van der Waals surface area contributed by atoms with Gasteiger partial charge in [0.05, 0.1) is 18.3 Å². The van der Waals surface area contributed by atoms with E-state index in [0.29, 0.717) is 32.7 Å². The standard InChI is InChI=1S/C23H16O6.C14H23N3OS/c24-20-16(14-7-3-1-5-12(14)9-18(20)22(26)27)11-17-15-8-4-2-6-13(15)10-19(21(17)25)23(28)29;1-3-4-5-6-10-18-14-13(15-19-16-14)12-8-7-9-17(2)11-12/h1-10,24-25H,11H2,(H,26,27)(H,28,29);8H,3-7,9-11H2,1-2H3. The van der Waals surface area contributed by atoms with Gasteiger partial charge in [-0.3, -0.25) is 0 Å². The van der Waals surface area contributed by atoms with Crippen LogP contribution in [0.1, 0.15) is 76.6 Å². The van der Waals surface area contributed by atoms with Gasteiger partial charge in [0.25, 0.3) is 5.88 Å². The summed E-state index contributed by atoms with van der Waals surface area (Å²) in [6, 6.07) is 16.8. The van der Waals surface area contributed by atoms with Crippen LogP contribution in [-0.2, 0) is 6.42 Å². The molecule has 0 radical (unpaired) electrons. The molecule has 0 fully saturated rings. The number of likely N-dealkylation sites (N-methyl/N-ethyl adjacent to an activating group) is 1. The topological polar surface area (TPSA) is 153 Å². The SMILES string of the molecule is CCCCCCOc1nsnc1C1=CCCN(C)C1.O=C(O)c1cc2ccccc2c(Cc2c(O)c(C(=O)O)cc3ccccc23)c1O. The largest absolute Gasteiger partial charge is 0.507 e. The molecule has 10 nitrogen and oxygen atoms in total. The summed E-state index contributed by atoms with van der Waals surface area (Å²) in [4.78, 5) is 25.5. The normalized spacial score (nSPS) is 13.2. The minimum atomic E-state index is -1.28. The van der Waals surface area contributed by atoms with Crippen LogP contribution in [0.5, 0.6) is 17.4 Å². The maximum Gasteiger partial charge on any atom is 0.339 e. The number of aromatic carboxylic acids is 2. The third-order valence-corrected chi connectivity index (χ3v) is 8.92. The molecular formula is C37H39N3O7S. The Morgan fingerprint density at radius 3 is 1.98 bits per heavy atom. The van der Waals surface area contributed by atoms with Gasteiger partial charge in [0.1, 0.15) is 28.3 Å². The van der Waals surface area contributed by atoms with Crippen molar-refractivity contribution in [2.75, 3.05) is 26.7 Å². The van der Waals surface area contributed by atoms with Crippen LogP contribution in [0, 0.1) is 0 Å². The Morgan fingerprint density at radius 2 is 1.44 bits per heavy atom. The van der Waals surface area contributed by atoms with Crippen LogP contribution in [0.4, 0.5) is 0 Å². The molecule has 0 atom stereocenters. The first-order valence-corrected chi connectivity index (χ1v) is 16.7. The number of fused-ring (bicyclic) bond motifs is 2. The van der Waals surface area contributed by atoms with Crippen molar-refractivity contribution < 1.29 is 34.8 Å². The Kier molecular flexibility index (Phi) is 11.3. The second-order valence-corrected chi connectivity index (χ2v) is 12.3. The molecule has 0 amide bonds. The first-order chi connectivity index (χ1) is 23.2. The fraction of sp³-hybridized carbons (Fsp3) is 0.297. The second-order valence-electron chi connectivity index (χ2n) is 11.8. The summed E-state index contributed by atoms with van der Waals surface area (Å²) in [6.45, 7) is 5.03. The fourth-order valence-electron chi connectivity index (χ4n) is 5.92. The highest BCUT2D eigenvalue weighted by atomic mass is 32.1. The molecule has 0 saturated carbocycles. The predicted octanol–water partition coefficient (Wildman–Crippen LogP) is 7.61. The summed E-state index contributed by atoms with van der Waals surface area (Å²) in [5.74, 6) is -2.63. The van der Waals surface area contributed by atoms with E-state index in [0.717, 1.165) is 44.1 Å². The molecule has 11 heteroatoms. The lowest BCUT2D eigenvalue weighted by molar-refractivity contribution is 0.0682. The summed E-state index contributed by atoms with van der Waals surface area (Å²) < 4.78 is 14.5. The number of nitrogens with zero attached hydrogens (tertiary/aromatic N) is 3. The number of carboxylic acids is 2. The monoisotopic (exact) mass is 669 g/mol. The smallest absolute Gasteiger partial charge is 0.339 e. The van der Waals surface area contributed by atoms with E-state index in [1.54, 1.807) is 48.5 Å². The average molecular weight is 670 g/mol. The van der Waals surface area contributed by atoms with Gasteiger partial charge in [-0.2, -0.15) is 4.37 Å². The molecule has 4 aromatic carbocycles. The molecule has 6 rings (SSSR count). The molecule has 1 aliphatic heterocycles. The van der Waals surface area contributed by atoms with E-state index in [9.17, 15) is 30.0 Å². The quantitative estimate of drug-likeness (QED) is 0.103. The van der Waals surface area contributed by atoms with Gasteiger partial charge in [-0.1, -0.05) is 80.8 Å². The first-order valence-electron chi connectivity index (χ1n) is 16.0. The lowest BCUT2D eigenvalue weighted by Gasteiger charge is -2.22. The lowest BCUT2D eigenvalue weighted by atomic mass is 9.90. The number of rotatable bonds is 11. The lowest BCUT2D eigenvalue weighted by Crippen LogP contribution is -2.25. The van der Waals surface area contributed by atoms with Gasteiger partial charge >= 0.3 is 11.9 Å². The van der Waals surface area contributed by atoms with Crippen LogP contribution >= 0.6 is 11.7 Å². The second kappa shape index (κ2) is 15.7. The Hall–Kier alpha value is -5.00. The van der Waals surface area contributed by atoms with E-state index in [4.69, 9.17) is 4.74 Å². The highest BCUT2D eigenvalue weighted by molar-refractivity contribution is 6.99. The van der Waals surface area contributed by atoms with Crippen molar-refractivity contribution in [3.8, 4) is 17.4 Å². The Bertz CT molecular complexity index is 1870. The number of aromatic nitrogens is 2. The molecule has 48 heavy (non-hydrogen) atoms. The van der Waals surface area contributed by atoms with E-state index in [-0.39, 0.29) is 17.5 Å².